The lowest BCUT2D eigenvalue weighted by molar-refractivity contribution is -0.261. The van der Waals surface area contributed by atoms with Gasteiger partial charge in [-0.25, -0.2) is 0 Å². The largest absolute Gasteiger partial charge is 0.414 e. The van der Waals surface area contributed by atoms with Crippen LogP contribution in [-0.2, 0) is 4.74 Å². The van der Waals surface area contributed by atoms with Crippen LogP contribution >= 0.6 is 0 Å². The molecule has 0 aliphatic carbocycles. The number of rotatable bonds is 0. The molecule has 0 N–H and O–H groups in total. The van der Waals surface area contributed by atoms with Gasteiger partial charge in [0.1, 0.15) is 0 Å². The van der Waals surface area contributed by atoms with Crippen LogP contribution in [0.4, 0.5) is 26.3 Å². The van der Waals surface area contributed by atoms with Gasteiger partial charge in [0, 0.05) is 0 Å². The lowest BCUT2D eigenvalue weighted by Gasteiger charge is -2.17. The van der Waals surface area contributed by atoms with E-state index in [0.717, 1.165) is 0 Å². The molecular weight excluding hydrogens is 202 g/mol. The Hall–Kier alpha value is -0.460. The van der Waals surface area contributed by atoms with Crippen molar-refractivity contribution >= 4 is 0 Å². The Morgan fingerprint density at radius 1 is 0.769 bits per heavy atom. The molecule has 1 fully saturated rings. The highest BCUT2D eigenvalue weighted by molar-refractivity contribution is 4.82. The number of ether oxygens (including phenoxy) is 1. The van der Waals surface area contributed by atoms with Crippen LogP contribution in [0, 0.1) is 0 Å². The average molecular weight is 208 g/mol. The fourth-order valence-corrected chi connectivity index (χ4v) is 1.12. The van der Waals surface area contributed by atoms with Crippen LogP contribution in [0.5, 0.6) is 0 Å². The van der Waals surface area contributed by atoms with Crippen molar-refractivity contribution in [2.45, 2.75) is 37.4 Å². The number of hydrogen-bond acceptors (Lipinski definition) is 1. The molecular formula is C6H6F6O. The summed E-state index contributed by atoms with van der Waals surface area (Å²) in [6.07, 6.45) is -15.2. The van der Waals surface area contributed by atoms with E-state index in [0.29, 0.717) is 0 Å². The highest BCUT2D eigenvalue weighted by Gasteiger charge is 2.52. The zero-order valence-electron chi connectivity index (χ0n) is 6.24. The summed E-state index contributed by atoms with van der Waals surface area (Å²) >= 11 is 0. The molecule has 0 aromatic rings. The summed E-state index contributed by atoms with van der Waals surface area (Å²) in [6.45, 7) is 0. The number of halogens is 6. The van der Waals surface area contributed by atoms with Crippen molar-refractivity contribution in [2.75, 3.05) is 0 Å². The second kappa shape index (κ2) is 3.04. The SMILES string of the molecule is FC(F)(F)[C@@H]1CC[C@H](C(F)(F)F)O1. The van der Waals surface area contributed by atoms with Gasteiger partial charge in [-0.05, 0) is 12.8 Å². The third-order valence-corrected chi connectivity index (χ3v) is 1.75. The fraction of sp³-hybridized carbons (Fsp3) is 1.00. The first-order valence-electron chi connectivity index (χ1n) is 3.50. The van der Waals surface area contributed by atoms with Crippen LogP contribution in [0.3, 0.4) is 0 Å². The lowest BCUT2D eigenvalue weighted by Crippen LogP contribution is -2.33. The highest BCUT2D eigenvalue weighted by atomic mass is 19.4. The van der Waals surface area contributed by atoms with Crippen LogP contribution < -0.4 is 0 Å². The molecule has 0 bridgehead atoms. The monoisotopic (exact) mass is 208 g/mol. The molecule has 0 saturated carbocycles. The van der Waals surface area contributed by atoms with Gasteiger partial charge in [0.15, 0.2) is 12.2 Å². The minimum atomic E-state index is -4.69. The van der Waals surface area contributed by atoms with Crippen LogP contribution in [-0.4, -0.2) is 24.6 Å². The molecule has 1 nitrogen and oxygen atoms in total. The molecule has 1 saturated heterocycles. The first kappa shape index (κ1) is 10.6. The second-order valence-corrected chi connectivity index (χ2v) is 2.77. The van der Waals surface area contributed by atoms with Crippen LogP contribution in [0.1, 0.15) is 12.8 Å². The van der Waals surface area contributed by atoms with Gasteiger partial charge in [-0.1, -0.05) is 0 Å². The lowest BCUT2D eigenvalue weighted by atomic mass is 10.2. The van der Waals surface area contributed by atoms with E-state index in [-0.39, 0.29) is 0 Å². The molecule has 0 aromatic carbocycles. The van der Waals surface area contributed by atoms with Gasteiger partial charge in [-0.15, -0.1) is 0 Å². The van der Waals surface area contributed by atoms with Crippen molar-refractivity contribution < 1.29 is 31.1 Å². The number of alkyl halides is 6. The first-order chi connectivity index (χ1) is 5.71. The molecule has 2 atom stereocenters. The van der Waals surface area contributed by atoms with Gasteiger partial charge in [0.2, 0.25) is 0 Å². The van der Waals surface area contributed by atoms with E-state index in [1.165, 1.54) is 0 Å². The Balaban J connectivity index is 2.55. The summed E-state index contributed by atoms with van der Waals surface area (Å²) in [4.78, 5) is 0. The minimum Gasteiger partial charge on any atom is -0.356 e. The van der Waals surface area contributed by atoms with Gasteiger partial charge >= 0.3 is 12.4 Å². The smallest absolute Gasteiger partial charge is 0.356 e. The summed E-state index contributed by atoms with van der Waals surface area (Å²) in [7, 11) is 0. The maximum absolute atomic E-state index is 11.8. The Bertz CT molecular complexity index is 163. The van der Waals surface area contributed by atoms with Gasteiger partial charge in [0.05, 0.1) is 0 Å². The molecule has 0 spiro atoms. The molecule has 0 unspecified atom stereocenters. The Labute approximate surface area is 69.7 Å². The second-order valence-electron chi connectivity index (χ2n) is 2.77. The predicted octanol–water partition coefficient (Wildman–Crippen LogP) is 2.66. The molecule has 0 amide bonds. The molecule has 1 aliphatic rings. The summed E-state index contributed by atoms with van der Waals surface area (Å²) in [5.41, 5.74) is 0. The normalized spacial score (nSPS) is 30.9. The van der Waals surface area contributed by atoms with E-state index in [4.69, 9.17) is 0 Å². The predicted molar refractivity (Wildman–Crippen MR) is 30.0 cm³/mol. The molecule has 1 rings (SSSR count). The quantitative estimate of drug-likeness (QED) is 0.556. The van der Waals surface area contributed by atoms with Crippen LogP contribution in [0.2, 0.25) is 0 Å². The van der Waals surface area contributed by atoms with Gasteiger partial charge in [-0.2, -0.15) is 26.3 Å². The molecule has 1 aliphatic heterocycles. The van der Waals surface area contributed by atoms with Crippen molar-refractivity contribution in [1.82, 2.24) is 0 Å². The van der Waals surface area contributed by atoms with Crippen LogP contribution in [0.25, 0.3) is 0 Å². The minimum absolute atomic E-state index is 0.617. The Morgan fingerprint density at radius 2 is 1.08 bits per heavy atom. The van der Waals surface area contributed by atoms with Gasteiger partial charge in [0.25, 0.3) is 0 Å². The van der Waals surface area contributed by atoms with E-state index in [9.17, 15) is 26.3 Å². The van der Waals surface area contributed by atoms with Gasteiger partial charge < -0.3 is 4.74 Å². The molecule has 1 heterocycles. The zero-order chi connectivity index (χ0) is 10.3. The zero-order valence-corrected chi connectivity index (χ0v) is 6.24. The Morgan fingerprint density at radius 3 is 1.23 bits per heavy atom. The summed E-state index contributed by atoms with van der Waals surface area (Å²) in [5.74, 6) is 0. The third-order valence-electron chi connectivity index (χ3n) is 1.75. The third kappa shape index (κ3) is 2.49. The molecule has 0 radical (unpaired) electrons. The van der Waals surface area contributed by atoms with Crippen molar-refractivity contribution in [3.63, 3.8) is 0 Å². The van der Waals surface area contributed by atoms with Gasteiger partial charge in [-0.3, -0.25) is 0 Å². The van der Waals surface area contributed by atoms with Crippen molar-refractivity contribution in [3.05, 3.63) is 0 Å². The van der Waals surface area contributed by atoms with E-state index < -0.39 is 37.4 Å². The molecule has 0 aromatic heterocycles. The van der Waals surface area contributed by atoms with E-state index >= 15 is 0 Å². The summed E-state index contributed by atoms with van der Waals surface area (Å²) in [6, 6.07) is 0. The standard InChI is InChI=1S/C6H6F6O/c7-5(8,9)3-1-2-4(13-3)6(10,11)12/h3-4H,1-2H2/t3-,4+. The topological polar surface area (TPSA) is 9.23 Å². The fourth-order valence-electron chi connectivity index (χ4n) is 1.12. The summed E-state index contributed by atoms with van der Waals surface area (Å²) < 4.78 is 74.8. The summed E-state index contributed by atoms with van der Waals surface area (Å²) in [5, 5.41) is 0. The Kier molecular flexibility index (Phi) is 2.48. The number of hydrogen-bond donors (Lipinski definition) is 0. The van der Waals surface area contributed by atoms with E-state index in [1.54, 1.807) is 0 Å². The van der Waals surface area contributed by atoms with E-state index in [2.05, 4.69) is 4.74 Å². The van der Waals surface area contributed by atoms with E-state index in [1.807, 2.05) is 0 Å². The molecule has 7 heteroatoms. The highest BCUT2D eigenvalue weighted by Crippen LogP contribution is 2.39. The van der Waals surface area contributed by atoms with Crippen LogP contribution in [0.15, 0.2) is 0 Å². The first-order valence-corrected chi connectivity index (χ1v) is 3.50. The van der Waals surface area contributed by atoms with Crippen molar-refractivity contribution in [2.24, 2.45) is 0 Å². The maximum atomic E-state index is 11.8. The average Bonchev–Trinajstić information content (AvgIpc) is 2.28. The molecule has 13 heavy (non-hydrogen) atoms. The van der Waals surface area contributed by atoms with Crippen molar-refractivity contribution in [1.29, 1.82) is 0 Å². The maximum Gasteiger partial charge on any atom is 0.414 e. The molecule has 78 valence electrons. The van der Waals surface area contributed by atoms with Crippen molar-refractivity contribution in [3.8, 4) is 0 Å².